The molecular formula is C4H9NO2S. The van der Waals surface area contributed by atoms with Crippen LogP contribution < -0.4 is 5.73 Å². The number of hydrogen-bond acceptors (Lipinski definition) is 4. The van der Waals surface area contributed by atoms with Crippen molar-refractivity contribution in [3.63, 3.8) is 0 Å². The molecule has 0 spiro atoms. The highest BCUT2D eigenvalue weighted by molar-refractivity contribution is 7.80. The third-order valence-corrected chi connectivity index (χ3v) is 0.820. The number of carbonyl (C=O) groups is 1. The minimum absolute atomic E-state index is 0.0162. The predicted octanol–water partition coefficient (Wildman–Crippen LogP) is -0.848. The number of carbonyl (C=O) groups excluding carboxylic acids is 1. The van der Waals surface area contributed by atoms with Crippen molar-refractivity contribution < 1.29 is 9.90 Å². The van der Waals surface area contributed by atoms with E-state index in [2.05, 4.69) is 12.6 Å². The summed E-state index contributed by atoms with van der Waals surface area (Å²) < 4.78 is 0. The standard InChI is InChI=1S/C4H9NO2S/c5-2-3(6)1-4(7)8/h4,7-8H,1-2,5H2. The zero-order valence-corrected chi connectivity index (χ0v) is 5.27. The first-order chi connectivity index (χ1) is 3.66. The lowest BCUT2D eigenvalue weighted by Gasteiger charge is -1.97. The molecule has 0 aromatic carbocycles. The first kappa shape index (κ1) is 7.94. The number of aliphatic hydroxyl groups is 1. The Morgan fingerprint density at radius 2 is 2.38 bits per heavy atom. The highest BCUT2D eigenvalue weighted by Crippen LogP contribution is 1.94. The fourth-order valence-corrected chi connectivity index (χ4v) is 0.491. The van der Waals surface area contributed by atoms with Gasteiger partial charge in [0.15, 0.2) is 0 Å². The Balaban J connectivity index is 3.25. The third kappa shape index (κ3) is 4.11. The molecule has 1 atom stereocenters. The van der Waals surface area contributed by atoms with E-state index < -0.39 is 5.44 Å². The van der Waals surface area contributed by atoms with Gasteiger partial charge in [0, 0.05) is 6.42 Å². The van der Waals surface area contributed by atoms with Crippen LogP contribution in [0, 0.1) is 0 Å². The molecule has 0 amide bonds. The van der Waals surface area contributed by atoms with Gasteiger partial charge in [0.2, 0.25) is 0 Å². The van der Waals surface area contributed by atoms with Gasteiger partial charge >= 0.3 is 0 Å². The second kappa shape index (κ2) is 3.88. The normalized spacial score (nSPS) is 13.4. The van der Waals surface area contributed by atoms with Gasteiger partial charge < -0.3 is 10.8 Å². The van der Waals surface area contributed by atoms with Crippen molar-refractivity contribution in [1.29, 1.82) is 0 Å². The fourth-order valence-electron chi connectivity index (χ4n) is 0.287. The Morgan fingerprint density at radius 1 is 1.88 bits per heavy atom. The molecule has 4 heteroatoms. The van der Waals surface area contributed by atoms with Crippen molar-refractivity contribution in [3.05, 3.63) is 0 Å². The summed E-state index contributed by atoms with van der Waals surface area (Å²) in [6.07, 6.45) is 0.0413. The average molecular weight is 135 g/mol. The summed E-state index contributed by atoms with van der Waals surface area (Å²) in [5, 5.41) is 8.44. The smallest absolute Gasteiger partial charge is 0.149 e. The molecule has 3 N–H and O–H groups in total. The van der Waals surface area contributed by atoms with Crippen LogP contribution >= 0.6 is 12.6 Å². The van der Waals surface area contributed by atoms with E-state index in [4.69, 9.17) is 10.8 Å². The molecule has 3 nitrogen and oxygen atoms in total. The molecule has 0 fully saturated rings. The maximum Gasteiger partial charge on any atom is 0.149 e. The van der Waals surface area contributed by atoms with E-state index in [1.807, 2.05) is 0 Å². The van der Waals surface area contributed by atoms with Crippen LogP contribution in [0.15, 0.2) is 0 Å². The molecule has 8 heavy (non-hydrogen) atoms. The lowest BCUT2D eigenvalue weighted by Crippen LogP contribution is -2.17. The molecule has 0 rings (SSSR count). The summed E-state index contributed by atoms with van der Waals surface area (Å²) in [4.78, 5) is 10.3. The van der Waals surface area contributed by atoms with Crippen LogP contribution in [0.1, 0.15) is 6.42 Å². The molecule has 0 bridgehead atoms. The number of ketones is 1. The van der Waals surface area contributed by atoms with E-state index in [1.165, 1.54) is 0 Å². The van der Waals surface area contributed by atoms with Gasteiger partial charge in [-0.05, 0) is 0 Å². The maximum absolute atomic E-state index is 10.3. The first-order valence-electron chi connectivity index (χ1n) is 2.24. The molecule has 0 saturated heterocycles. The molecule has 0 radical (unpaired) electrons. The highest BCUT2D eigenvalue weighted by Gasteiger charge is 2.02. The van der Waals surface area contributed by atoms with Crippen molar-refractivity contribution in [1.82, 2.24) is 0 Å². The number of aliphatic hydroxyl groups excluding tert-OH is 1. The van der Waals surface area contributed by atoms with Crippen molar-refractivity contribution in [3.8, 4) is 0 Å². The molecule has 0 saturated carbocycles. The van der Waals surface area contributed by atoms with Gasteiger partial charge in [-0.15, -0.1) is 12.6 Å². The zero-order chi connectivity index (χ0) is 6.57. The Bertz CT molecular complexity index is 84.1. The van der Waals surface area contributed by atoms with Gasteiger partial charge in [-0.25, -0.2) is 0 Å². The minimum Gasteiger partial charge on any atom is -0.382 e. The molecule has 0 aliphatic rings. The van der Waals surface area contributed by atoms with Gasteiger partial charge in [0.05, 0.1) is 6.54 Å². The van der Waals surface area contributed by atoms with Gasteiger partial charge in [-0.2, -0.15) is 0 Å². The summed E-state index contributed by atoms with van der Waals surface area (Å²) in [5.41, 5.74) is 4.07. The lowest BCUT2D eigenvalue weighted by molar-refractivity contribution is -0.118. The molecular weight excluding hydrogens is 126 g/mol. The maximum atomic E-state index is 10.3. The molecule has 0 aliphatic heterocycles. The van der Waals surface area contributed by atoms with E-state index >= 15 is 0 Å². The highest BCUT2D eigenvalue weighted by atomic mass is 32.1. The molecule has 0 heterocycles. The molecule has 0 aliphatic carbocycles. The summed E-state index contributed by atoms with van der Waals surface area (Å²) in [7, 11) is 0. The van der Waals surface area contributed by atoms with Crippen molar-refractivity contribution in [2.24, 2.45) is 5.73 Å². The lowest BCUT2D eigenvalue weighted by atomic mass is 10.3. The summed E-state index contributed by atoms with van der Waals surface area (Å²) in [6, 6.07) is 0. The third-order valence-electron chi connectivity index (χ3n) is 0.638. The Morgan fingerprint density at radius 3 is 2.50 bits per heavy atom. The van der Waals surface area contributed by atoms with Crippen LogP contribution in [-0.2, 0) is 4.79 Å². The van der Waals surface area contributed by atoms with Crippen molar-refractivity contribution in [2.45, 2.75) is 11.9 Å². The first-order valence-corrected chi connectivity index (χ1v) is 2.76. The zero-order valence-electron chi connectivity index (χ0n) is 4.37. The number of thiol groups is 1. The number of Topliss-reactive ketones (excluding diaryl/α,β-unsaturated/α-hetero) is 1. The van der Waals surface area contributed by atoms with Crippen LogP contribution in [0.25, 0.3) is 0 Å². The Labute approximate surface area is 53.3 Å². The van der Waals surface area contributed by atoms with Crippen LogP contribution in [0.3, 0.4) is 0 Å². The van der Waals surface area contributed by atoms with Gasteiger partial charge in [0.25, 0.3) is 0 Å². The van der Waals surface area contributed by atoms with Crippen LogP contribution in [0.4, 0.5) is 0 Å². The van der Waals surface area contributed by atoms with E-state index in [-0.39, 0.29) is 18.7 Å². The summed E-state index contributed by atoms with van der Waals surface area (Å²) >= 11 is 3.57. The van der Waals surface area contributed by atoms with Gasteiger partial charge in [0.1, 0.15) is 11.2 Å². The Hall–Kier alpha value is -0.0600. The van der Waals surface area contributed by atoms with Crippen molar-refractivity contribution >= 4 is 18.4 Å². The number of nitrogens with two attached hydrogens (primary N) is 1. The van der Waals surface area contributed by atoms with E-state index in [9.17, 15) is 4.79 Å². The van der Waals surface area contributed by atoms with Gasteiger partial charge in [-0.3, -0.25) is 4.79 Å². The molecule has 1 unspecified atom stereocenters. The van der Waals surface area contributed by atoms with E-state index in [0.717, 1.165) is 0 Å². The van der Waals surface area contributed by atoms with Crippen molar-refractivity contribution in [2.75, 3.05) is 6.54 Å². The minimum atomic E-state index is -0.856. The second-order valence-electron chi connectivity index (χ2n) is 1.43. The van der Waals surface area contributed by atoms with E-state index in [0.29, 0.717) is 0 Å². The van der Waals surface area contributed by atoms with Gasteiger partial charge in [-0.1, -0.05) is 0 Å². The topological polar surface area (TPSA) is 63.3 Å². The average Bonchev–Trinajstić information content (AvgIpc) is 1.65. The second-order valence-corrected chi connectivity index (χ2v) is 2.02. The Kier molecular flexibility index (Phi) is 3.85. The quantitative estimate of drug-likeness (QED) is 0.349. The monoisotopic (exact) mass is 135 g/mol. The van der Waals surface area contributed by atoms with Crippen LogP contribution in [0.5, 0.6) is 0 Å². The fraction of sp³-hybridized carbons (Fsp3) is 0.750. The van der Waals surface area contributed by atoms with Crippen LogP contribution in [0.2, 0.25) is 0 Å². The summed E-state index contributed by atoms with van der Waals surface area (Å²) in [6.45, 7) is -0.0162. The largest absolute Gasteiger partial charge is 0.382 e. The molecule has 0 aromatic rings. The molecule has 48 valence electrons. The number of hydrogen-bond donors (Lipinski definition) is 3. The SMILES string of the molecule is NCC(=O)CC(O)S. The molecule has 0 aromatic heterocycles. The van der Waals surface area contributed by atoms with E-state index in [1.54, 1.807) is 0 Å². The predicted molar refractivity (Wildman–Crippen MR) is 33.7 cm³/mol. The summed E-state index contributed by atoms with van der Waals surface area (Å²) in [5.74, 6) is -0.174. The number of rotatable bonds is 3. The van der Waals surface area contributed by atoms with Crippen LogP contribution in [-0.4, -0.2) is 22.9 Å².